The van der Waals surface area contributed by atoms with E-state index in [4.69, 9.17) is 0 Å². The number of aromatic nitrogens is 2. The van der Waals surface area contributed by atoms with Crippen molar-refractivity contribution in [2.24, 2.45) is 0 Å². The van der Waals surface area contributed by atoms with Gasteiger partial charge in [-0.15, -0.1) is 0 Å². The van der Waals surface area contributed by atoms with Crippen molar-refractivity contribution in [2.75, 3.05) is 0 Å². The van der Waals surface area contributed by atoms with Crippen LogP contribution in [-0.4, -0.2) is 14.9 Å². The minimum atomic E-state index is -0.673. The van der Waals surface area contributed by atoms with Gasteiger partial charge in [0.15, 0.2) is 0 Å². The third-order valence-electron chi connectivity index (χ3n) is 2.89. The van der Waals surface area contributed by atoms with Crippen LogP contribution < -0.4 is 0 Å². The van der Waals surface area contributed by atoms with Gasteiger partial charge in [-0.2, -0.15) is 5.10 Å². The highest BCUT2D eigenvalue weighted by Crippen LogP contribution is 2.30. The molecule has 0 saturated carbocycles. The summed E-state index contributed by atoms with van der Waals surface area (Å²) in [6.07, 6.45) is 1.04. The van der Waals surface area contributed by atoms with E-state index in [9.17, 15) is 5.11 Å². The lowest BCUT2D eigenvalue weighted by molar-refractivity contribution is 0.207. The van der Waals surface area contributed by atoms with Crippen LogP contribution in [0.2, 0.25) is 0 Å². The van der Waals surface area contributed by atoms with Crippen molar-refractivity contribution in [1.82, 2.24) is 9.78 Å². The minimum Gasteiger partial charge on any atom is -0.382 e. The fourth-order valence-corrected chi connectivity index (χ4v) is 2.65. The van der Waals surface area contributed by atoms with Gasteiger partial charge in [-0.05, 0) is 47.0 Å². The fourth-order valence-electron chi connectivity index (χ4n) is 1.89. The smallest absolute Gasteiger partial charge is 0.122 e. The predicted molar refractivity (Wildman–Crippen MR) is 78.5 cm³/mol. The van der Waals surface area contributed by atoms with E-state index in [2.05, 4.69) is 37.0 Å². The number of benzene rings is 1. The van der Waals surface area contributed by atoms with Gasteiger partial charge in [0.2, 0.25) is 0 Å². The van der Waals surface area contributed by atoms with Crippen LogP contribution in [0.4, 0.5) is 0 Å². The zero-order valence-corrected chi connectivity index (χ0v) is 13.4. The molecule has 1 aromatic heterocycles. The molecule has 1 N–H and O–H groups in total. The van der Waals surface area contributed by atoms with Crippen LogP contribution in [0.15, 0.2) is 33.3 Å². The lowest BCUT2D eigenvalue weighted by Gasteiger charge is -2.14. The first kappa shape index (κ1) is 13.8. The highest BCUT2D eigenvalue weighted by Gasteiger charge is 2.19. The maximum Gasteiger partial charge on any atom is 0.122 e. The summed E-state index contributed by atoms with van der Waals surface area (Å²) < 4.78 is 3.67. The van der Waals surface area contributed by atoms with Gasteiger partial charge in [-0.1, -0.05) is 28.1 Å². The van der Waals surface area contributed by atoms with Crippen molar-refractivity contribution in [1.29, 1.82) is 0 Å². The van der Waals surface area contributed by atoms with Gasteiger partial charge in [0.05, 0.1) is 16.4 Å². The average molecular weight is 374 g/mol. The fraction of sp³-hybridized carbons (Fsp3) is 0.308. The Bertz CT molecular complexity index is 566. The first-order valence-electron chi connectivity index (χ1n) is 5.70. The molecule has 96 valence electrons. The summed E-state index contributed by atoms with van der Waals surface area (Å²) in [6.45, 7) is 4.74. The first-order valence-corrected chi connectivity index (χ1v) is 7.28. The highest BCUT2D eigenvalue weighted by atomic mass is 79.9. The second kappa shape index (κ2) is 5.55. The van der Waals surface area contributed by atoms with E-state index in [1.54, 1.807) is 10.9 Å². The van der Waals surface area contributed by atoms with Crippen molar-refractivity contribution in [3.05, 3.63) is 50.2 Å². The second-order valence-corrected chi connectivity index (χ2v) is 5.81. The zero-order valence-electron chi connectivity index (χ0n) is 10.2. The van der Waals surface area contributed by atoms with Crippen LogP contribution in [0.1, 0.15) is 29.8 Å². The van der Waals surface area contributed by atoms with Crippen molar-refractivity contribution in [3.63, 3.8) is 0 Å². The summed E-state index contributed by atoms with van der Waals surface area (Å²) in [5.74, 6) is 0. The van der Waals surface area contributed by atoms with E-state index in [1.165, 1.54) is 0 Å². The molecule has 0 aliphatic rings. The number of nitrogens with zero attached hydrogens (tertiary/aromatic N) is 2. The number of aliphatic hydroxyl groups excluding tert-OH is 1. The van der Waals surface area contributed by atoms with E-state index in [0.717, 1.165) is 32.3 Å². The standard InChI is InChI=1S/C13H14Br2N2O/c1-3-17-12(11(15)7-16-17)13(18)9-4-5-10(14)8(2)6-9/h4-7,13,18H,3H2,1-2H3. The summed E-state index contributed by atoms with van der Waals surface area (Å²) in [7, 11) is 0. The van der Waals surface area contributed by atoms with Crippen molar-refractivity contribution in [2.45, 2.75) is 26.5 Å². The van der Waals surface area contributed by atoms with Gasteiger partial charge in [0.1, 0.15) is 6.10 Å². The van der Waals surface area contributed by atoms with Crippen molar-refractivity contribution >= 4 is 31.9 Å². The van der Waals surface area contributed by atoms with Crippen LogP contribution in [0.25, 0.3) is 0 Å². The van der Waals surface area contributed by atoms with E-state index in [1.807, 2.05) is 32.0 Å². The second-order valence-electron chi connectivity index (χ2n) is 4.10. The van der Waals surface area contributed by atoms with E-state index < -0.39 is 6.10 Å². The Morgan fingerprint density at radius 2 is 2.06 bits per heavy atom. The number of halogens is 2. The molecule has 0 amide bonds. The van der Waals surface area contributed by atoms with Gasteiger partial charge in [-0.3, -0.25) is 4.68 Å². The highest BCUT2D eigenvalue weighted by molar-refractivity contribution is 9.10. The Labute approximate surface area is 123 Å². The molecule has 0 radical (unpaired) electrons. The van der Waals surface area contributed by atoms with E-state index in [0.29, 0.717) is 0 Å². The molecule has 5 heteroatoms. The van der Waals surface area contributed by atoms with Gasteiger partial charge in [0.25, 0.3) is 0 Å². The van der Waals surface area contributed by atoms with Crippen molar-refractivity contribution in [3.8, 4) is 0 Å². The zero-order chi connectivity index (χ0) is 13.3. The maximum atomic E-state index is 10.5. The van der Waals surface area contributed by atoms with Crippen molar-refractivity contribution < 1.29 is 5.11 Å². The molecule has 0 saturated heterocycles. The maximum absolute atomic E-state index is 10.5. The molecule has 1 aromatic carbocycles. The largest absolute Gasteiger partial charge is 0.382 e. The predicted octanol–water partition coefficient (Wildman–Crippen LogP) is 3.82. The molecule has 18 heavy (non-hydrogen) atoms. The van der Waals surface area contributed by atoms with Gasteiger partial charge in [-0.25, -0.2) is 0 Å². The number of hydrogen-bond donors (Lipinski definition) is 1. The summed E-state index contributed by atoms with van der Waals surface area (Å²) in [5.41, 5.74) is 2.76. The molecule has 0 aliphatic carbocycles. The number of hydrogen-bond acceptors (Lipinski definition) is 2. The van der Waals surface area contributed by atoms with Crippen LogP contribution >= 0.6 is 31.9 Å². The third kappa shape index (κ3) is 2.53. The number of aliphatic hydroxyl groups is 1. The molecule has 2 aromatic rings. The monoisotopic (exact) mass is 372 g/mol. The van der Waals surface area contributed by atoms with Gasteiger partial charge >= 0.3 is 0 Å². The van der Waals surface area contributed by atoms with E-state index in [-0.39, 0.29) is 0 Å². The van der Waals surface area contributed by atoms with Gasteiger partial charge < -0.3 is 5.11 Å². The Morgan fingerprint density at radius 3 is 2.67 bits per heavy atom. The number of aryl methyl sites for hydroxylation is 2. The SMILES string of the molecule is CCn1ncc(Br)c1C(O)c1ccc(Br)c(C)c1. The molecular weight excluding hydrogens is 360 g/mol. The molecule has 0 aliphatic heterocycles. The van der Waals surface area contributed by atoms with Crippen LogP contribution in [0.3, 0.4) is 0 Å². The Hall–Kier alpha value is -0.650. The summed E-state index contributed by atoms with van der Waals surface area (Å²) in [6, 6.07) is 5.85. The molecule has 1 heterocycles. The van der Waals surface area contributed by atoms with Crippen LogP contribution in [0, 0.1) is 6.92 Å². The van der Waals surface area contributed by atoms with Crippen LogP contribution in [-0.2, 0) is 6.54 Å². The van der Waals surface area contributed by atoms with E-state index >= 15 is 0 Å². The molecule has 1 unspecified atom stereocenters. The average Bonchev–Trinajstić information content (AvgIpc) is 2.73. The quantitative estimate of drug-likeness (QED) is 0.888. The Kier molecular flexibility index (Phi) is 4.25. The minimum absolute atomic E-state index is 0.673. The molecule has 0 bridgehead atoms. The first-order chi connectivity index (χ1) is 8.54. The molecule has 2 rings (SSSR count). The third-order valence-corrected chi connectivity index (χ3v) is 4.39. The lowest BCUT2D eigenvalue weighted by Crippen LogP contribution is -2.09. The topological polar surface area (TPSA) is 38.0 Å². The normalized spacial score (nSPS) is 12.7. The summed E-state index contributed by atoms with van der Waals surface area (Å²) >= 11 is 6.90. The summed E-state index contributed by atoms with van der Waals surface area (Å²) in [4.78, 5) is 0. The Balaban J connectivity index is 2.44. The molecule has 0 spiro atoms. The molecule has 1 atom stereocenters. The van der Waals surface area contributed by atoms with Gasteiger partial charge in [0, 0.05) is 11.0 Å². The molecule has 0 fully saturated rings. The Morgan fingerprint density at radius 1 is 1.33 bits per heavy atom. The van der Waals surface area contributed by atoms with Crippen LogP contribution in [0.5, 0.6) is 0 Å². The molecule has 3 nitrogen and oxygen atoms in total. The summed E-state index contributed by atoms with van der Waals surface area (Å²) in [5, 5.41) is 14.7. The molecular formula is C13H14Br2N2O. The lowest BCUT2D eigenvalue weighted by atomic mass is 10.0. The number of rotatable bonds is 3.